The summed E-state index contributed by atoms with van der Waals surface area (Å²) in [5.74, 6) is 2.79. The average Bonchev–Trinajstić information content (AvgIpc) is 3.61. The zero-order chi connectivity index (χ0) is 25.8. The average molecular weight is 507 g/mol. The molecule has 1 aromatic carbocycles. The summed E-state index contributed by atoms with van der Waals surface area (Å²) >= 11 is 0. The van der Waals surface area contributed by atoms with Crippen molar-refractivity contribution in [1.82, 2.24) is 30.1 Å². The zero-order valence-corrected chi connectivity index (χ0v) is 21.6. The predicted octanol–water partition coefficient (Wildman–Crippen LogP) is 4.46. The highest BCUT2D eigenvalue weighted by atomic mass is 16.5. The maximum Gasteiger partial charge on any atom is 0.252 e. The van der Waals surface area contributed by atoms with Crippen LogP contribution in [0.4, 0.5) is 0 Å². The van der Waals surface area contributed by atoms with Gasteiger partial charge in [0.25, 0.3) is 5.56 Å². The number of H-pyrrole nitrogens is 1. The summed E-state index contributed by atoms with van der Waals surface area (Å²) in [7, 11) is 3.20. The number of hydrogen-bond donors (Lipinski definition) is 1. The van der Waals surface area contributed by atoms with Gasteiger partial charge in [0.2, 0.25) is 0 Å². The van der Waals surface area contributed by atoms with Gasteiger partial charge in [0.15, 0.2) is 17.3 Å². The molecule has 4 aromatic rings. The van der Waals surface area contributed by atoms with Gasteiger partial charge in [0, 0.05) is 29.6 Å². The molecule has 1 atom stereocenters. The van der Waals surface area contributed by atoms with Crippen LogP contribution in [0.5, 0.6) is 11.5 Å². The van der Waals surface area contributed by atoms with Gasteiger partial charge in [-0.25, -0.2) is 4.68 Å². The largest absolute Gasteiger partial charge is 0.493 e. The lowest BCUT2D eigenvalue weighted by Crippen LogP contribution is -2.41. The van der Waals surface area contributed by atoms with Crippen LogP contribution in [-0.2, 0) is 13.1 Å². The van der Waals surface area contributed by atoms with Gasteiger partial charge in [-0.3, -0.25) is 9.69 Å². The lowest BCUT2D eigenvalue weighted by molar-refractivity contribution is 0.0842. The van der Waals surface area contributed by atoms with Crippen molar-refractivity contribution in [2.75, 3.05) is 14.2 Å². The topological polar surface area (TPSA) is 111 Å². The van der Waals surface area contributed by atoms with Crippen LogP contribution < -0.4 is 15.0 Å². The molecule has 1 unspecified atom stereocenters. The highest BCUT2D eigenvalue weighted by molar-refractivity contribution is 5.83. The van der Waals surface area contributed by atoms with Crippen LogP contribution >= 0.6 is 0 Å². The van der Waals surface area contributed by atoms with E-state index in [9.17, 15) is 4.79 Å². The molecule has 0 saturated heterocycles. The summed E-state index contributed by atoms with van der Waals surface area (Å²) < 4.78 is 18.3. The molecule has 37 heavy (non-hydrogen) atoms. The van der Waals surface area contributed by atoms with Crippen molar-refractivity contribution in [2.24, 2.45) is 0 Å². The molecule has 1 aliphatic rings. The number of aromatic nitrogens is 5. The van der Waals surface area contributed by atoms with E-state index in [0.29, 0.717) is 41.7 Å². The van der Waals surface area contributed by atoms with E-state index in [1.54, 1.807) is 26.5 Å². The molecule has 3 aromatic heterocycles. The minimum Gasteiger partial charge on any atom is -0.493 e. The number of aromatic amines is 1. The molecule has 1 N–H and O–H groups in total. The molecule has 3 heterocycles. The predicted molar refractivity (Wildman–Crippen MR) is 139 cm³/mol. The molecule has 1 saturated carbocycles. The fraction of sp³-hybridized carbons (Fsp3) is 0.481. The molecule has 10 heteroatoms. The second kappa shape index (κ2) is 11.2. The van der Waals surface area contributed by atoms with Crippen molar-refractivity contribution >= 4 is 10.9 Å². The van der Waals surface area contributed by atoms with E-state index in [1.165, 1.54) is 19.3 Å². The third-order valence-corrected chi connectivity index (χ3v) is 7.35. The van der Waals surface area contributed by atoms with E-state index in [2.05, 4.69) is 32.3 Å². The molecule has 0 aliphatic heterocycles. The highest BCUT2D eigenvalue weighted by Gasteiger charge is 2.32. The molecular weight excluding hydrogens is 472 g/mol. The van der Waals surface area contributed by atoms with Gasteiger partial charge in [0.05, 0.1) is 32.0 Å². The minimum atomic E-state index is -0.106. The Morgan fingerprint density at radius 3 is 2.65 bits per heavy atom. The van der Waals surface area contributed by atoms with Crippen LogP contribution in [0, 0.1) is 0 Å². The molecule has 10 nitrogen and oxygen atoms in total. The van der Waals surface area contributed by atoms with Gasteiger partial charge in [-0.1, -0.05) is 26.2 Å². The summed E-state index contributed by atoms with van der Waals surface area (Å²) in [5.41, 5.74) is 1.31. The number of rotatable bonds is 10. The van der Waals surface area contributed by atoms with Crippen molar-refractivity contribution in [3.05, 3.63) is 64.1 Å². The Bertz CT molecular complexity index is 1370. The number of furan rings is 1. The number of nitrogens with zero attached hydrogens (tertiary/aromatic N) is 5. The summed E-state index contributed by atoms with van der Waals surface area (Å²) in [6, 6.07) is 9.74. The highest BCUT2D eigenvalue weighted by Crippen LogP contribution is 2.34. The quantitative estimate of drug-likeness (QED) is 0.336. The SMILES string of the molecule is CCC(c1nnnn1Cc1ccco1)N(Cc1cc2cc(OC)c(OC)cc2[nH]c1=O)C1CCCCC1. The van der Waals surface area contributed by atoms with Gasteiger partial charge in [-0.15, -0.1) is 5.10 Å². The summed E-state index contributed by atoms with van der Waals surface area (Å²) in [4.78, 5) is 18.8. The van der Waals surface area contributed by atoms with E-state index >= 15 is 0 Å². The molecular formula is C27H34N6O4. The first kappa shape index (κ1) is 25.0. The second-order valence-corrected chi connectivity index (χ2v) is 9.58. The first-order valence-corrected chi connectivity index (χ1v) is 12.9. The Morgan fingerprint density at radius 1 is 1.16 bits per heavy atom. The summed E-state index contributed by atoms with van der Waals surface area (Å²) in [6.45, 7) is 3.10. The second-order valence-electron chi connectivity index (χ2n) is 9.58. The molecule has 1 aliphatic carbocycles. The Balaban J connectivity index is 1.52. The van der Waals surface area contributed by atoms with Crippen LogP contribution in [0.2, 0.25) is 0 Å². The first-order valence-electron chi connectivity index (χ1n) is 12.9. The number of fused-ring (bicyclic) bond motifs is 1. The summed E-state index contributed by atoms with van der Waals surface area (Å²) in [5, 5.41) is 13.6. The molecule has 0 spiro atoms. The molecule has 0 amide bonds. The standard InChI is InChI=1S/C27H34N6O4/c1-4-23(26-29-30-31-33(26)17-21-11-8-12-37-21)32(20-9-6-5-7-10-20)16-19-13-18-14-24(35-2)25(36-3)15-22(18)28-27(19)34/h8,11-15,20,23H,4-7,9-10,16-17H2,1-3H3,(H,28,34). The summed E-state index contributed by atoms with van der Waals surface area (Å²) in [6.07, 6.45) is 8.25. The number of ether oxygens (including phenoxy) is 2. The maximum atomic E-state index is 13.3. The normalized spacial score (nSPS) is 15.4. The van der Waals surface area contributed by atoms with E-state index in [4.69, 9.17) is 13.9 Å². The van der Waals surface area contributed by atoms with Crippen molar-refractivity contribution in [1.29, 1.82) is 0 Å². The number of pyridine rings is 1. The third-order valence-electron chi connectivity index (χ3n) is 7.35. The molecule has 1 fully saturated rings. The van der Waals surface area contributed by atoms with Crippen molar-refractivity contribution in [2.45, 2.75) is 70.6 Å². The van der Waals surface area contributed by atoms with Crippen LogP contribution in [0.1, 0.15) is 68.6 Å². The van der Waals surface area contributed by atoms with Gasteiger partial charge < -0.3 is 18.9 Å². The van der Waals surface area contributed by atoms with E-state index in [0.717, 1.165) is 36.2 Å². The minimum absolute atomic E-state index is 0.0476. The smallest absolute Gasteiger partial charge is 0.252 e. The number of hydrogen-bond acceptors (Lipinski definition) is 8. The van der Waals surface area contributed by atoms with Crippen LogP contribution in [-0.4, -0.2) is 50.4 Å². The molecule has 0 radical (unpaired) electrons. The van der Waals surface area contributed by atoms with Gasteiger partial charge in [-0.05, 0) is 54.0 Å². The van der Waals surface area contributed by atoms with Gasteiger partial charge in [-0.2, -0.15) is 0 Å². The number of tetrazole rings is 1. The van der Waals surface area contributed by atoms with Crippen LogP contribution in [0.25, 0.3) is 10.9 Å². The third kappa shape index (κ3) is 5.24. The lowest BCUT2D eigenvalue weighted by atomic mass is 9.92. The van der Waals surface area contributed by atoms with Crippen LogP contribution in [0.15, 0.2) is 45.8 Å². The zero-order valence-electron chi connectivity index (χ0n) is 21.6. The van der Waals surface area contributed by atoms with E-state index < -0.39 is 0 Å². The molecule has 5 rings (SSSR count). The Hall–Kier alpha value is -3.66. The maximum absolute atomic E-state index is 13.3. The number of benzene rings is 1. The van der Waals surface area contributed by atoms with Crippen molar-refractivity contribution in [3.63, 3.8) is 0 Å². The Kier molecular flexibility index (Phi) is 7.55. The van der Waals surface area contributed by atoms with Gasteiger partial charge in [0.1, 0.15) is 12.3 Å². The van der Waals surface area contributed by atoms with Crippen molar-refractivity contribution < 1.29 is 13.9 Å². The van der Waals surface area contributed by atoms with Crippen LogP contribution in [0.3, 0.4) is 0 Å². The van der Waals surface area contributed by atoms with E-state index in [-0.39, 0.29) is 11.6 Å². The van der Waals surface area contributed by atoms with Gasteiger partial charge >= 0.3 is 0 Å². The fourth-order valence-corrected chi connectivity index (χ4v) is 5.48. The lowest BCUT2D eigenvalue weighted by Gasteiger charge is -2.39. The van der Waals surface area contributed by atoms with E-state index in [1.807, 2.05) is 28.9 Å². The first-order chi connectivity index (χ1) is 18.1. The van der Waals surface area contributed by atoms with Crippen molar-refractivity contribution in [3.8, 4) is 11.5 Å². The Morgan fingerprint density at radius 2 is 1.95 bits per heavy atom. The fourth-order valence-electron chi connectivity index (χ4n) is 5.48. The molecule has 196 valence electrons. The monoisotopic (exact) mass is 506 g/mol. The Labute approximate surface area is 215 Å². The number of methoxy groups -OCH3 is 2. The molecule has 0 bridgehead atoms. The number of nitrogens with one attached hydrogen (secondary N) is 1.